The van der Waals surface area contributed by atoms with Gasteiger partial charge in [-0.15, -0.1) is 0 Å². The van der Waals surface area contributed by atoms with Gasteiger partial charge in [-0.25, -0.2) is 0 Å². The fraction of sp³-hybridized carbons (Fsp3) is 0.234. The molecule has 0 saturated heterocycles. The van der Waals surface area contributed by atoms with Crippen LogP contribution in [0.4, 0.5) is 0 Å². The molecule has 57 heavy (non-hydrogen) atoms. The average molecular weight is 805 g/mol. The van der Waals surface area contributed by atoms with Gasteiger partial charge < -0.3 is 27.1 Å². The van der Waals surface area contributed by atoms with E-state index in [4.69, 9.17) is 27.1 Å². The summed E-state index contributed by atoms with van der Waals surface area (Å²) in [5, 5.41) is 0. The Hall–Kier alpha value is -5.42. The van der Waals surface area contributed by atoms with E-state index in [0.717, 1.165) is 55.6 Å². The highest BCUT2D eigenvalue weighted by Crippen LogP contribution is 2.54. The summed E-state index contributed by atoms with van der Waals surface area (Å²) in [6.45, 7) is 19.4. The summed E-state index contributed by atoms with van der Waals surface area (Å²) in [6, 6.07) is 37.4. The molecule has 6 aromatic rings. The normalized spacial score (nSPS) is 12.7. The van der Waals surface area contributed by atoms with Gasteiger partial charge in [0.05, 0.1) is 0 Å². The molecule has 0 amide bonds. The lowest BCUT2D eigenvalue weighted by atomic mass is 9.78. The van der Waals surface area contributed by atoms with Gasteiger partial charge in [0.15, 0.2) is 0 Å². The molecule has 6 aromatic carbocycles. The minimum absolute atomic E-state index is 0.321. The molecule has 0 spiro atoms. The number of hydrogen-bond acceptors (Lipinski definition) is 8. The Labute approximate surface area is 337 Å². The van der Waals surface area contributed by atoms with Crippen LogP contribution in [0.15, 0.2) is 121 Å². The van der Waals surface area contributed by atoms with Gasteiger partial charge >= 0.3 is 15.6 Å². The van der Waals surface area contributed by atoms with Crippen LogP contribution in [0.2, 0.25) is 0 Å². The van der Waals surface area contributed by atoms with Crippen LogP contribution < -0.4 is 27.1 Å². The lowest BCUT2D eigenvalue weighted by Gasteiger charge is -2.27. The van der Waals surface area contributed by atoms with E-state index in [9.17, 15) is 9.13 Å². The molecule has 296 valence electrons. The van der Waals surface area contributed by atoms with Crippen molar-refractivity contribution >= 4 is 15.6 Å². The summed E-state index contributed by atoms with van der Waals surface area (Å²) in [5.41, 5.74) is 8.12. The summed E-state index contributed by atoms with van der Waals surface area (Å²) < 4.78 is 65.7. The third-order valence-electron chi connectivity index (χ3n) is 10.2. The van der Waals surface area contributed by atoms with Crippen molar-refractivity contribution in [2.24, 2.45) is 0 Å². The molecule has 0 aliphatic carbocycles. The van der Waals surface area contributed by atoms with E-state index in [-0.39, 0.29) is 0 Å². The lowest BCUT2D eigenvalue weighted by molar-refractivity contribution is 0.294. The van der Waals surface area contributed by atoms with Crippen LogP contribution in [0.3, 0.4) is 0 Å². The first-order valence-corrected chi connectivity index (χ1v) is 21.7. The van der Waals surface area contributed by atoms with Crippen molar-refractivity contribution < 1.29 is 36.3 Å². The van der Waals surface area contributed by atoms with E-state index in [1.54, 1.807) is 30.3 Å². The number of para-hydroxylation sites is 3. The predicted molar refractivity (Wildman–Crippen MR) is 228 cm³/mol. The maximum Gasteiger partial charge on any atom is 0.647 e. The molecule has 0 heterocycles. The van der Waals surface area contributed by atoms with E-state index in [1.807, 2.05) is 146 Å². The van der Waals surface area contributed by atoms with Gasteiger partial charge in [0.1, 0.15) is 34.5 Å². The van der Waals surface area contributed by atoms with Crippen molar-refractivity contribution in [2.45, 2.75) is 74.7 Å². The van der Waals surface area contributed by atoms with E-state index in [1.165, 1.54) is 0 Å². The largest absolute Gasteiger partial charge is 0.647 e. The van der Waals surface area contributed by atoms with Crippen LogP contribution in [0.5, 0.6) is 34.5 Å². The van der Waals surface area contributed by atoms with E-state index >= 15 is 0 Å². The minimum atomic E-state index is -4.24. The molecule has 0 saturated carbocycles. The number of hydrogen-bond donors (Lipinski definition) is 0. The van der Waals surface area contributed by atoms with Gasteiger partial charge in [0, 0.05) is 5.41 Å². The second-order valence-corrected chi connectivity index (χ2v) is 17.9. The van der Waals surface area contributed by atoms with Crippen molar-refractivity contribution in [1.82, 2.24) is 0 Å². The number of aryl methyl sites for hydroxylation is 7. The standard InChI is InChI=1S/C47H50O8P2/c1-31-15-14-22-43(38(31)8)52-56(48,53-44-32(2)16-11-17-33(44)3)50-41-27-23-39(24-28-41)47(9,10)40-25-29-42(30-26-40)51-57(49,54-45-34(4)18-12-19-35(45)5)55-46-36(6)20-13-21-37(46)7/h11-30H,1-10H3. The van der Waals surface area contributed by atoms with Crippen LogP contribution in [0.25, 0.3) is 0 Å². The van der Waals surface area contributed by atoms with E-state index < -0.39 is 21.1 Å². The van der Waals surface area contributed by atoms with Gasteiger partial charge in [-0.2, -0.15) is 9.13 Å². The fourth-order valence-electron chi connectivity index (χ4n) is 6.51. The first-order chi connectivity index (χ1) is 27.0. The quantitative estimate of drug-likeness (QED) is 0.101. The van der Waals surface area contributed by atoms with Crippen LogP contribution >= 0.6 is 15.6 Å². The van der Waals surface area contributed by atoms with Gasteiger partial charge in [-0.3, -0.25) is 0 Å². The van der Waals surface area contributed by atoms with Crippen LogP contribution in [0, 0.1) is 55.4 Å². The molecule has 0 aliphatic heterocycles. The maximum absolute atomic E-state index is 14.5. The number of rotatable bonds is 14. The van der Waals surface area contributed by atoms with Gasteiger partial charge in [-0.1, -0.05) is 105 Å². The second kappa shape index (κ2) is 16.6. The maximum atomic E-state index is 14.5. The highest BCUT2D eigenvalue weighted by atomic mass is 31.2. The molecule has 0 bridgehead atoms. The first-order valence-electron chi connectivity index (χ1n) is 18.8. The molecule has 0 radical (unpaired) electrons. The Morgan fingerprint density at radius 3 is 1.02 bits per heavy atom. The van der Waals surface area contributed by atoms with Crippen LogP contribution in [0.1, 0.15) is 69.5 Å². The smallest absolute Gasteiger partial charge is 0.386 e. The number of phosphoric acid groups is 2. The Bertz CT molecular complexity index is 2370. The van der Waals surface area contributed by atoms with Crippen molar-refractivity contribution in [3.63, 3.8) is 0 Å². The minimum Gasteiger partial charge on any atom is -0.386 e. The zero-order valence-corrected chi connectivity index (χ0v) is 36.0. The van der Waals surface area contributed by atoms with Crippen LogP contribution in [-0.2, 0) is 14.5 Å². The zero-order valence-electron chi connectivity index (χ0n) is 34.2. The van der Waals surface area contributed by atoms with Crippen molar-refractivity contribution in [2.75, 3.05) is 0 Å². The highest BCUT2D eigenvalue weighted by molar-refractivity contribution is 7.50. The number of phosphoric ester groups is 2. The van der Waals surface area contributed by atoms with E-state index in [0.29, 0.717) is 34.5 Å². The third-order valence-corrected chi connectivity index (χ3v) is 12.7. The molecular weight excluding hydrogens is 754 g/mol. The van der Waals surface area contributed by atoms with Gasteiger partial charge in [0.25, 0.3) is 0 Å². The molecule has 1 atom stereocenters. The molecule has 0 N–H and O–H groups in total. The lowest BCUT2D eigenvalue weighted by Crippen LogP contribution is -2.18. The van der Waals surface area contributed by atoms with Crippen molar-refractivity contribution in [3.8, 4) is 34.5 Å². The molecule has 1 unspecified atom stereocenters. The van der Waals surface area contributed by atoms with Gasteiger partial charge in [-0.05, 0) is 141 Å². The summed E-state index contributed by atoms with van der Waals surface area (Å²) in [6.07, 6.45) is 0. The molecule has 6 rings (SSSR count). The monoisotopic (exact) mass is 804 g/mol. The van der Waals surface area contributed by atoms with E-state index in [2.05, 4.69) is 13.8 Å². The number of benzene rings is 6. The Balaban J connectivity index is 1.24. The summed E-state index contributed by atoms with van der Waals surface area (Å²) in [5.74, 6) is 2.40. The van der Waals surface area contributed by atoms with Crippen molar-refractivity contribution in [1.29, 1.82) is 0 Å². The Morgan fingerprint density at radius 2 is 0.667 bits per heavy atom. The zero-order chi connectivity index (χ0) is 41.1. The molecule has 0 fully saturated rings. The van der Waals surface area contributed by atoms with Crippen LogP contribution in [-0.4, -0.2) is 0 Å². The second-order valence-electron chi connectivity index (χ2n) is 15.0. The molecular formula is C47H50O8P2. The molecule has 0 aromatic heterocycles. The average Bonchev–Trinajstić information content (AvgIpc) is 3.16. The molecule has 8 nitrogen and oxygen atoms in total. The van der Waals surface area contributed by atoms with Crippen molar-refractivity contribution in [3.05, 3.63) is 177 Å². The molecule has 0 aliphatic rings. The highest BCUT2D eigenvalue weighted by Gasteiger charge is 2.37. The first kappa shape index (κ1) is 41.2. The SMILES string of the molecule is Cc1cccc(OP(=O)(Oc2ccc(C(C)(C)c3ccc(OP(=O)(Oc4c(C)cccc4C)Oc4c(C)cccc4C)cc3)cc2)Oc2c(C)cccc2C)c1C. The third kappa shape index (κ3) is 9.42. The summed E-state index contributed by atoms with van der Waals surface area (Å²) in [7, 11) is -8.48. The summed E-state index contributed by atoms with van der Waals surface area (Å²) in [4.78, 5) is 0. The fourth-order valence-corrected chi connectivity index (χ4v) is 9.47. The summed E-state index contributed by atoms with van der Waals surface area (Å²) >= 11 is 0. The van der Waals surface area contributed by atoms with Gasteiger partial charge in [0.2, 0.25) is 0 Å². The Kier molecular flexibility index (Phi) is 12.0. The topological polar surface area (TPSA) is 89.5 Å². The predicted octanol–water partition coefficient (Wildman–Crippen LogP) is 13.8. The molecule has 10 heteroatoms. The Morgan fingerprint density at radius 1 is 0.368 bits per heavy atom.